The Hall–Kier alpha value is -1.58. The molecule has 1 aromatic carbocycles. The lowest BCUT2D eigenvalue weighted by Crippen LogP contribution is -1.96. The molecule has 0 aliphatic carbocycles. The third kappa shape index (κ3) is 1.51. The molecule has 0 saturated heterocycles. The zero-order chi connectivity index (χ0) is 12.0. The van der Waals surface area contributed by atoms with Gasteiger partial charge in [-0.1, -0.05) is 23.2 Å². The van der Waals surface area contributed by atoms with Crippen LogP contribution in [0.15, 0.2) is 30.3 Å². The van der Waals surface area contributed by atoms with Gasteiger partial charge in [0.1, 0.15) is 0 Å². The number of benzene rings is 1. The molecule has 3 nitrogen and oxygen atoms in total. The molecular formula is C12H6Cl2N2O. The van der Waals surface area contributed by atoms with Gasteiger partial charge in [0.15, 0.2) is 11.4 Å². The van der Waals surface area contributed by atoms with Crippen molar-refractivity contribution in [2.24, 2.45) is 0 Å². The fraction of sp³-hybridized carbons (Fsp3) is 0. The van der Waals surface area contributed by atoms with E-state index >= 15 is 0 Å². The van der Waals surface area contributed by atoms with Gasteiger partial charge >= 0.3 is 0 Å². The number of hydrogen-bond donors (Lipinski definition) is 0. The zero-order valence-corrected chi connectivity index (χ0v) is 10.0. The first-order chi connectivity index (χ1) is 8.20. The summed E-state index contributed by atoms with van der Waals surface area (Å²) in [5.74, 6) is 0. The predicted molar refractivity (Wildman–Crippen MR) is 68.1 cm³/mol. The number of carbonyl (C=O) groups is 1. The van der Waals surface area contributed by atoms with Gasteiger partial charge < -0.3 is 4.40 Å². The number of hydrogen-bond acceptors (Lipinski definition) is 2. The summed E-state index contributed by atoms with van der Waals surface area (Å²) in [4.78, 5) is 15.3. The molecule has 0 aliphatic rings. The topological polar surface area (TPSA) is 34.4 Å². The summed E-state index contributed by atoms with van der Waals surface area (Å²) in [6, 6.07) is 8.75. The lowest BCUT2D eigenvalue weighted by atomic mass is 10.3. The van der Waals surface area contributed by atoms with E-state index in [-0.39, 0.29) is 0 Å². The predicted octanol–water partition coefficient (Wildman–Crippen LogP) is 3.61. The van der Waals surface area contributed by atoms with Crippen molar-refractivity contribution in [3.8, 4) is 0 Å². The molecule has 2 aromatic heterocycles. The Morgan fingerprint density at radius 2 is 1.94 bits per heavy atom. The molecular weight excluding hydrogens is 259 g/mol. The number of halogens is 2. The van der Waals surface area contributed by atoms with Crippen LogP contribution < -0.4 is 0 Å². The summed E-state index contributed by atoms with van der Waals surface area (Å²) in [7, 11) is 0. The maximum absolute atomic E-state index is 11.0. The number of aromatic nitrogens is 2. The molecule has 0 atom stereocenters. The van der Waals surface area contributed by atoms with E-state index in [4.69, 9.17) is 23.2 Å². The van der Waals surface area contributed by atoms with Crippen molar-refractivity contribution < 1.29 is 4.79 Å². The van der Waals surface area contributed by atoms with Crippen LogP contribution in [0.25, 0.3) is 16.6 Å². The number of aldehydes is 1. The van der Waals surface area contributed by atoms with E-state index in [1.807, 2.05) is 0 Å². The molecule has 0 saturated carbocycles. The van der Waals surface area contributed by atoms with Crippen LogP contribution in [0.5, 0.6) is 0 Å². The molecule has 0 N–H and O–H groups in total. The Morgan fingerprint density at radius 1 is 1.12 bits per heavy atom. The highest BCUT2D eigenvalue weighted by Crippen LogP contribution is 2.25. The molecule has 0 fully saturated rings. The normalized spacial score (nSPS) is 11.2. The van der Waals surface area contributed by atoms with Crippen LogP contribution in [0.1, 0.15) is 10.5 Å². The van der Waals surface area contributed by atoms with Crippen LogP contribution >= 0.6 is 23.2 Å². The Kier molecular flexibility index (Phi) is 2.31. The lowest BCUT2D eigenvalue weighted by molar-refractivity contribution is 0.111. The van der Waals surface area contributed by atoms with Gasteiger partial charge in [-0.25, -0.2) is 4.98 Å². The Balaban J connectivity index is 2.62. The minimum Gasteiger partial charge on any atom is -0.302 e. The quantitative estimate of drug-likeness (QED) is 0.630. The van der Waals surface area contributed by atoms with Crippen molar-refractivity contribution in [2.45, 2.75) is 0 Å². The van der Waals surface area contributed by atoms with E-state index in [0.717, 1.165) is 11.8 Å². The van der Waals surface area contributed by atoms with E-state index in [1.54, 1.807) is 34.7 Å². The molecule has 0 radical (unpaired) electrons. The van der Waals surface area contributed by atoms with Gasteiger partial charge in [-0.15, -0.1) is 0 Å². The number of nitrogens with zero attached hydrogens (tertiary/aromatic N) is 2. The summed E-state index contributed by atoms with van der Waals surface area (Å²) in [6.45, 7) is 0. The monoisotopic (exact) mass is 264 g/mol. The highest BCUT2D eigenvalue weighted by molar-refractivity contribution is 6.33. The molecule has 0 aliphatic heterocycles. The average molecular weight is 265 g/mol. The molecule has 3 aromatic rings. The van der Waals surface area contributed by atoms with Crippen LogP contribution in [0.4, 0.5) is 0 Å². The molecule has 84 valence electrons. The highest BCUT2D eigenvalue weighted by Gasteiger charge is 2.10. The van der Waals surface area contributed by atoms with Crippen LogP contribution in [-0.4, -0.2) is 15.7 Å². The second-order valence-electron chi connectivity index (χ2n) is 3.63. The van der Waals surface area contributed by atoms with Gasteiger partial charge in [0.2, 0.25) is 0 Å². The number of fused-ring (bicyclic) bond motifs is 3. The van der Waals surface area contributed by atoms with Crippen molar-refractivity contribution in [2.75, 3.05) is 0 Å². The van der Waals surface area contributed by atoms with Gasteiger partial charge in [-0.05, 0) is 30.3 Å². The molecule has 2 heterocycles. The fourth-order valence-electron chi connectivity index (χ4n) is 1.91. The van der Waals surface area contributed by atoms with Gasteiger partial charge in [0.05, 0.1) is 22.2 Å². The van der Waals surface area contributed by atoms with Crippen LogP contribution in [-0.2, 0) is 0 Å². The molecule has 17 heavy (non-hydrogen) atoms. The summed E-state index contributed by atoms with van der Waals surface area (Å²) in [6.07, 6.45) is 0.781. The van der Waals surface area contributed by atoms with Crippen molar-refractivity contribution in [1.82, 2.24) is 9.38 Å². The molecule has 3 rings (SSSR count). The smallest absolute Gasteiger partial charge is 0.166 e. The van der Waals surface area contributed by atoms with Crippen molar-refractivity contribution in [3.05, 3.63) is 46.2 Å². The second kappa shape index (κ2) is 3.72. The van der Waals surface area contributed by atoms with Crippen LogP contribution in [0, 0.1) is 0 Å². The van der Waals surface area contributed by atoms with Gasteiger partial charge in [0.25, 0.3) is 0 Å². The standard InChI is InChI=1S/C12H6Cl2N2O/c13-7-1-3-9-11(5-7)16-8(6-17)2-4-10(16)12(14)15-9/h1-6H. The Bertz CT molecular complexity index is 749. The van der Waals surface area contributed by atoms with E-state index in [2.05, 4.69) is 4.98 Å². The summed E-state index contributed by atoms with van der Waals surface area (Å²) < 4.78 is 1.75. The first kappa shape index (κ1) is 10.6. The van der Waals surface area contributed by atoms with Gasteiger partial charge in [-0.2, -0.15) is 0 Å². The summed E-state index contributed by atoms with van der Waals surface area (Å²) in [5.41, 5.74) is 2.69. The van der Waals surface area contributed by atoms with Gasteiger partial charge in [-0.3, -0.25) is 4.79 Å². The molecule has 0 amide bonds. The maximum atomic E-state index is 11.0. The first-order valence-corrected chi connectivity index (χ1v) is 5.68. The van der Waals surface area contributed by atoms with Crippen LogP contribution in [0.3, 0.4) is 0 Å². The third-order valence-corrected chi connectivity index (χ3v) is 3.15. The first-order valence-electron chi connectivity index (χ1n) is 4.92. The average Bonchev–Trinajstić information content (AvgIpc) is 2.75. The van der Waals surface area contributed by atoms with E-state index in [1.165, 1.54) is 0 Å². The SMILES string of the molecule is O=Cc1ccc2c(Cl)nc3ccc(Cl)cc3n12. The van der Waals surface area contributed by atoms with Crippen molar-refractivity contribution in [1.29, 1.82) is 0 Å². The minimum atomic E-state index is 0.368. The molecule has 0 spiro atoms. The lowest BCUT2D eigenvalue weighted by Gasteiger charge is -2.05. The Morgan fingerprint density at radius 3 is 2.71 bits per heavy atom. The highest BCUT2D eigenvalue weighted by atomic mass is 35.5. The fourth-order valence-corrected chi connectivity index (χ4v) is 2.31. The minimum absolute atomic E-state index is 0.368. The largest absolute Gasteiger partial charge is 0.302 e. The summed E-state index contributed by atoms with van der Waals surface area (Å²) in [5, 5.41) is 0.960. The van der Waals surface area contributed by atoms with E-state index < -0.39 is 0 Å². The maximum Gasteiger partial charge on any atom is 0.166 e. The zero-order valence-electron chi connectivity index (χ0n) is 8.52. The molecule has 0 unspecified atom stereocenters. The second-order valence-corrected chi connectivity index (χ2v) is 4.43. The molecule has 0 bridgehead atoms. The van der Waals surface area contributed by atoms with E-state index in [0.29, 0.717) is 26.9 Å². The van der Waals surface area contributed by atoms with Gasteiger partial charge in [0, 0.05) is 5.02 Å². The van der Waals surface area contributed by atoms with Crippen molar-refractivity contribution >= 4 is 46.0 Å². The number of carbonyl (C=O) groups excluding carboxylic acids is 1. The number of rotatable bonds is 1. The third-order valence-electron chi connectivity index (χ3n) is 2.64. The van der Waals surface area contributed by atoms with Crippen LogP contribution in [0.2, 0.25) is 10.2 Å². The molecule has 5 heteroatoms. The Labute approximate surface area is 107 Å². The van der Waals surface area contributed by atoms with Crippen molar-refractivity contribution in [3.63, 3.8) is 0 Å². The van der Waals surface area contributed by atoms with E-state index in [9.17, 15) is 4.79 Å². The summed E-state index contributed by atoms with van der Waals surface area (Å²) >= 11 is 12.0.